The number of hydrogen-bond donors (Lipinski definition) is 4. The summed E-state index contributed by atoms with van der Waals surface area (Å²) in [5, 5.41) is 12.2. The van der Waals surface area contributed by atoms with E-state index in [1.807, 2.05) is 30.3 Å². The van der Waals surface area contributed by atoms with Gasteiger partial charge in [0, 0.05) is 11.3 Å². The predicted octanol–water partition coefficient (Wildman–Crippen LogP) is 3.48. The van der Waals surface area contributed by atoms with E-state index in [9.17, 15) is 9.59 Å². The van der Waals surface area contributed by atoms with Crippen molar-refractivity contribution in [2.75, 3.05) is 11.1 Å². The molecule has 0 aliphatic carbocycles. The predicted molar refractivity (Wildman–Crippen MR) is 101 cm³/mol. The third kappa shape index (κ3) is 3.64. The van der Waals surface area contributed by atoms with Gasteiger partial charge >= 0.3 is 5.97 Å². The summed E-state index contributed by atoms with van der Waals surface area (Å²) in [5.74, 6) is -1.49. The van der Waals surface area contributed by atoms with Crippen LogP contribution in [0.4, 0.5) is 17.1 Å². The number of nitrogens with two attached hydrogens (primary N) is 2. The Morgan fingerprint density at radius 3 is 2.23 bits per heavy atom. The number of benzene rings is 3. The van der Waals surface area contributed by atoms with E-state index >= 15 is 0 Å². The number of carboxylic acids is 1. The van der Waals surface area contributed by atoms with E-state index in [1.54, 1.807) is 24.3 Å². The maximum Gasteiger partial charge on any atom is 0.335 e. The Hall–Kier alpha value is -3.80. The zero-order chi connectivity index (χ0) is 18.7. The summed E-state index contributed by atoms with van der Waals surface area (Å²) in [6.45, 7) is 0. The molecule has 6 nitrogen and oxygen atoms in total. The third-order valence-corrected chi connectivity index (χ3v) is 3.94. The van der Waals surface area contributed by atoms with E-state index in [0.717, 1.165) is 16.8 Å². The molecule has 1 amide bonds. The van der Waals surface area contributed by atoms with E-state index in [0.29, 0.717) is 16.9 Å². The average molecular weight is 347 g/mol. The Labute approximate surface area is 150 Å². The SMILES string of the molecule is NC(=O)c1cccc(-c2ccc(Nc3cc(C(=O)O)ccc3N)cc2)c1. The molecule has 0 heterocycles. The topological polar surface area (TPSA) is 118 Å². The molecule has 3 aromatic rings. The lowest BCUT2D eigenvalue weighted by molar-refractivity contribution is 0.0696. The van der Waals surface area contributed by atoms with Gasteiger partial charge in [0.05, 0.1) is 16.9 Å². The number of carboxylic acid groups (broad SMARTS) is 1. The standard InChI is InChI=1S/C20H17N3O3/c21-17-9-6-15(20(25)26)11-18(17)23-16-7-4-12(5-8-16)13-2-1-3-14(10-13)19(22)24/h1-11,23H,21H2,(H2,22,24)(H,25,26). The molecule has 3 aromatic carbocycles. The summed E-state index contributed by atoms with van der Waals surface area (Å²) in [4.78, 5) is 22.4. The Kier molecular flexibility index (Phi) is 4.57. The van der Waals surface area contributed by atoms with E-state index in [4.69, 9.17) is 16.6 Å². The molecular formula is C20H17N3O3. The fourth-order valence-electron chi connectivity index (χ4n) is 2.55. The average Bonchev–Trinajstić information content (AvgIpc) is 2.64. The molecule has 0 unspecified atom stereocenters. The van der Waals surface area contributed by atoms with E-state index in [-0.39, 0.29) is 5.56 Å². The van der Waals surface area contributed by atoms with Crippen LogP contribution in [0.3, 0.4) is 0 Å². The van der Waals surface area contributed by atoms with Crippen molar-refractivity contribution in [1.29, 1.82) is 0 Å². The molecule has 6 heteroatoms. The van der Waals surface area contributed by atoms with Crippen molar-refractivity contribution in [3.8, 4) is 11.1 Å². The molecule has 0 spiro atoms. The number of aromatic carboxylic acids is 1. The molecule has 0 atom stereocenters. The van der Waals surface area contributed by atoms with E-state index < -0.39 is 11.9 Å². The van der Waals surface area contributed by atoms with Crippen LogP contribution >= 0.6 is 0 Å². The van der Waals surface area contributed by atoms with Crippen LogP contribution in [0.15, 0.2) is 66.7 Å². The zero-order valence-electron chi connectivity index (χ0n) is 13.8. The molecule has 0 bridgehead atoms. The molecule has 130 valence electrons. The summed E-state index contributed by atoms with van der Waals surface area (Å²) in [7, 11) is 0. The van der Waals surface area contributed by atoms with Crippen molar-refractivity contribution in [2.45, 2.75) is 0 Å². The molecule has 0 aromatic heterocycles. The highest BCUT2D eigenvalue weighted by atomic mass is 16.4. The van der Waals surface area contributed by atoms with Gasteiger partial charge in [-0.05, 0) is 53.6 Å². The lowest BCUT2D eigenvalue weighted by Gasteiger charge is -2.11. The largest absolute Gasteiger partial charge is 0.478 e. The lowest BCUT2D eigenvalue weighted by Crippen LogP contribution is -2.10. The maximum atomic E-state index is 11.3. The highest BCUT2D eigenvalue weighted by Gasteiger charge is 2.08. The Morgan fingerprint density at radius 1 is 0.846 bits per heavy atom. The van der Waals surface area contributed by atoms with Gasteiger partial charge in [-0.1, -0.05) is 24.3 Å². The summed E-state index contributed by atoms with van der Waals surface area (Å²) in [6.07, 6.45) is 0. The van der Waals surface area contributed by atoms with E-state index in [2.05, 4.69) is 5.32 Å². The smallest absolute Gasteiger partial charge is 0.335 e. The second-order valence-electron chi connectivity index (χ2n) is 5.75. The number of nitrogens with one attached hydrogen (secondary N) is 1. The van der Waals surface area contributed by atoms with Crippen LogP contribution in [0.2, 0.25) is 0 Å². The molecule has 0 aliphatic heterocycles. The second kappa shape index (κ2) is 6.98. The zero-order valence-corrected chi connectivity index (χ0v) is 13.8. The Bertz CT molecular complexity index is 982. The first-order valence-electron chi connectivity index (χ1n) is 7.84. The molecule has 6 N–H and O–H groups in total. The molecular weight excluding hydrogens is 330 g/mol. The van der Waals surface area contributed by atoms with Crippen molar-refractivity contribution < 1.29 is 14.7 Å². The Morgan fingerprint density at radius 2 is 1.58 bits per heavy atom. The fraction of sp³-hybridized carbons (Fsp3) is 0. The van der Waals surface area contributed by atoms with Crippen molar-refractivity contribution >= 4 is 28.9 Å². The summed E-state index contributed by atoms with van der Waals surface area (Å²) in [6, 6.07) is 19.0. The number of amides is 1. The molecule has 3 rings (SSSR count). The molecule has 0 saturated carbocycles. The van der Waals surface area contributed by atoms with Gasteiger partial charge in [0.25, 0.3) is 0 Å². The number of rotatable bonds is 5. The highest BCUT2D eigenvalue weighted by molar-refractivity contribution is 5.94. The number of primary amides is 1. The van der Waals surface area contributed by atoms with Crippen LogP contribution in [0.25, 0.3) is 11.1 Å². The summed E-state index contributed by atoms with van der Waals surface area (Å²) >= 11 is 0. The molecule has 0 fully saturated rings. The van der Waals surface area contributed by atoms with Gasteiger partial charge in [-0.3, -0.25) is 4.79 Å². The Balaban J connectivity index is 1.85. The quantitative estimate of drug-likeness (QED) is 0.527. The minimum absolute atomic E-state index is 0.154. The van der Waals surface area contributed by atoms with Gasteiger partial charge < -0.3 is 21.9 Å². The first-order chi connectivity index (χ1) is 12.4. The van der Waals surface area contributed by atoms with Crippen LogP contribution in [-0.2, 0) is 0 Å². The van der Waals surface area contributed by atoms with Crippen LogP contribution in [-0.4, -0.2) is 17.0 Å². The van der Waals surface area contributed by atoms with Gasteiger partial charge in [0.2, 0.25) is 5.91 Å². The highest BCUT2D eigenvalue weighted by Crippen LogP contribution is 2.27. The number of anilines is 3. The van der Waals surface area contributed by atoms with Crippen LogP contribution in [0, 0.1) is 0 Å². The monoisotopic (exact) mass is 347 g/mol. The molecule has 0 radical (unpaired) electrons. The fourth-order valence-corrected chi connectivity index (χ4v) is 2.55. The van der Waals surface area contributed by atoms with E-state index in [1.165, 1.54) is 12.1 Å². The van der Waals surface area contributed by atoms with Crippen molar-refractivity contribution in [3.63, 3.8) is 0 Å². The molecule has 0 aliphatic rings. The maximum absolute atomic E-state index is 11.3. The molecule has 26 heavy (non-hydrogen) atoms. The third-order valence-electron chi connectivity index (χ3n) is 3.94. The van der Waals surface area contributed by atoms with Crippen molar-refractivity contribution in [3.05, 3.63) is 77.9 Å². The lowest BCUT2D eigenvalue weighted by atomic mass is 10.0. The molecule has 0 saturated heterocycles. The number of hydrogen-bond acceptors (Lipinski definition) is 4. The summed E-state index contributed by atoms with van der Waals surface area (Å²) < 4.78 is 0. The van der Waals surface area contributed by atoms with Crippen LogP contribution < -0.4 is 16.8 Å². The van der Waals surface area contributed by atoms with Crippen LogP contribution in [0.5, 0.6) is 0 Å². The van der Waals surface area contributed by atoms with Gasteiger partial charge in [0.15, 0.2) is 0 Å². The van der Waals surface area contributed by atoms with Gasteiger partial charge in [-0.2, -0.15) is 0 Å². The first-order valence-corrected chi connectivity index (χ1v) is 7.84. The van der Waals surface area contributed by atoms with Gasteiger partial charge in [0.1, 0.15) is 0 Å². The van der Waals surface area contributed by atoms with Crippen molar-refractivity contribution in [1.82, 2.24) is 0 Å². The minimum Gasteiger partial charge on any atom is -0.478 e. The number of carbonyl (C=O) groups excluding carboxylic acids is 1. The van der Waals surface area contributed by atoms with Gasteiger partial charge in [-0.25, -0.2) is 4.79 Å². The number of nitrogen functional groups attached to an aromatic ring is 1. The first kappa shape index (κ1) is 17.0. The van der Waals surface area contributed by atoms with Crippen molar-refractivity contribution in [2.24, 2.45) is 5.73 Å². The minimum atomic E-state index is -1.02. The number of carbonyl (C=O) groups is 2. The summed E-state index contributed by atoms with van der Waals surface area (Å²) in [5.41, 5.74) is 15.4. The normalized spacial score (nSPS) is 10.3. The van der Waals surface area contributed by atoms with Crippen LogP contribution in [0.1, 0.15) is 20.7 Å². The second-order valence-corrected chi connectivity index (χ2v) is 5.75. The van der Waals surface area contributed by atoms with Gasteiger partial charge in [-0.15, -0.1) is 0 Å².